The molecule has 1 unspecified atom stereocenters. The Bertz CT molecular complexity index is 1260. The molecule has 0 N–H and O–H groups in total. The van der Waals surface area contributed by atoms with Gasteiger partial charge in [0.2, 0.25) is 0 Å². The topological polar surface area (TPSA) is 83.3 Å². The van der Waals surface area contributed by atoms with Crippen molar-refractivity contribution < 1.29 is 19.1 Å². The Kier molecular flexibility index (Phi) is 7.69. The number of ether oxygens (including phenoxy) is 2. The van der Waals surface area contributed by atoms with Crippen molar-refractivity contribution in [3.63, 3.8) is 0 Å². The largest absolute Gasteiger partial charge is 0.487 e. The summed E-state index contributed by atoms with van der Waals surface area (Å²) >= 11 is 2.11. The molecule has 4 rings (SSSR count). The third kappa shape index (κ3) is 5.51. The summed E-state index contributed by atoms with van der Waals surface area (Å²) in [6, 6.07) is 25.1. The molecule has 34 heavy (non-hydrogen) atoms. The second-order valence-corrected chi connectivity index (χ2v) is 8.53. The number of benzene rings is 3. The van der Waals surface area contributed by atoms with Gasteiger partial charge in [0.25, 0.3) is 0 Å². The lowest BCUT2D eigenvalue weighted by atomic mass is 10.0. The number of hydrogen-bond acceptors (Lipinski definition) is 6. The Morgan fingerprint density at radius 1 is 0.912 bits per heavy atom. The zero-order chi connectivity index (χ0) is 23.9. The van der Waals surface area contributed by atoms with E-state index in [0.717, 1.165) is 5.56 Å². The van der Waals surface area contributed by atoms with Gasteiger partial charge in [-0.2, -0.15) is 0 Å². The lowest BCUT2D eigenvalue weighted by molar-refractivity contribution is -0.145. The maximum atomic E-state index is 12.6. The fourth-order valence-corrected chi connectivity index (χ4v) is 4.15. The van der Waals surface area contributed by atoms with Gasteiger partial charge in [-0.15, -0.1) is 5.10 Å². The number of aromatic nitrogens is 3. The second-order valence-electron chi connectivity index (χ2n) is 7.51. The SMILES string of the molecule is COC(=O)C(Cc1ccccc1)n1nnc(COc2ccc(C(=O)c3ccccc3)cc2)c1I. The number of carbonyl (C=O) groups is 2. The molecule has 0 aliphatic heterocycles. The highest BCUT2D eigenvalue weighted by Crippen LogP contribution is 2.22. The maximum Gasteiger partial charge on any atom is 0.331 e. The molecule has 0 radical (unpaired) electrons. The molecule has 4 aromatic rings. The van der Waals surface area contributed by atoms with E-state index in [9.17, 15) is 9.59 Å². The number of esters is 1. The van der Waals surface area contributed by atoms with Gasteiger partial charge >= 0.3 is 5.97 Å². The first-order valence-corrected chi connectivity index (χ1v) is 11.7. The van der Waals surface area contributed by atoms with E-state index in [0.29, 0.717) is 32.7 Å². The summed E-state index contributed by atoms with van der Waals surface area (Å²) in [5.41, 5.74) is 2.82. The molecule has 1 heterocycles. The number of methoxy groups -OCH3 is 1. The summed E-state index contributed by atoms with van der Waals surface area (Å²) in [7, 11) is 1.36. The van der Waals surface area contributed by atoms with Crippen LogP contribution >= 0.6 is 22.6 Å². The monoisotopic (exact) mass is 567 g/mol. The molecule has 0 spiro atoms. The van der Waals surface area contributed by atoms with E-state index in [-0.39, 0.29) is 12.4 Å². The molecule has 8 heteroatoms. The van der Waals surface area contributed by atoms with Gasteiger partial charge in [-0.1, -0.05) is 65.9 Å². The predicted molar refractivity (Wildman–Crippen MR) is 135 cm³/mol. The van der Waals surface area contributed by atoms with Crippen LogP contribution in [0.3, 0.4) is 0 Å². The molecule has 0 fully saturated rings. The molecule has 1 atom stereocenters. The van der Waals surface area contributed by atoms with Crippen molar-refractivity contribution in [2.75, 3.05) is 7.11 Å². The first-order chi connectivity index (χ1) is 16.6. The summed E-state index contributed by atoms with van der Waals surface area (Å²) in [5.74, 6) is 0.165. The average molecular weight is 567 g/mol. The first-order valence-electron chi connectivity index (χ1n) is 10.6. The zero-order valence-corrected chi connectivity index (χ0v) is 20.6. The van der Waals surface area contributed by atoms with Gasteiger partial charge in [-0.3, -0.25) is 4.79 Å². The number of rotatable bonds is 9. The van der Waals surface area contributed by atoms with Crippen LogP contribution in [0.5, 0.6) is 5.75 Å². The number of ketones is 1. The van der Waals surface area contributed by atoms with Crippen molar-refractivity contribution in [3.8, 4) is 5.75 Å². The number of nitrogens with zero attached hydrogens (tertiary/aromatic N) is 3. The normalized spacial score (nSPS) is 11.6. The fraction of sp³-hybridized carbons (Fsp3) is 0.154. The van der Waals surface area contributed by atoms with Gasteiger partial charge in [0.05, 0.1) is 7.11 Å². The highest BCUT2D eigenvalue weighted by atomic mass is 127. The quantitative estimate of drug-likeness (QED) is 0.166. The minimum Gasteiger partial charge on any atom is -0.487 e. The van der Waals surface area contributed by atoms with E-state index in [1.807, 2.05) is 48.5 Å². The van der Waals surface area contributed by atoms with E-state index in [4.69, 9.17) is 9.47 Å². The van der Waals surface area contributed by atoms with Crippen LogP contribution in [0, 0.1) is 3.70 Å². The number of hydrogen-bond donors (Lipinski definition) is 0. The smallest absolute Gasteiger partial charge is 0.331 e. The summed E-state index contributed by atoms with van der Waals surface area (Å²) in [6.07, 6.45) is 0.435. The van der Waals surface area contributed by atoms with Crippen molar-refractivity contribution >= 4 is 34.3 Å². The number of halogens is 1. The van der Waals surface area contributed by atoms with Gasteiger partial charge in [-0.25, -0.2) is 9.48 Å². The minimum absolute atomic E-state index is 0.0445. The Labute approximate surface area is 210 Å². The number of carbonyl (C=O) groups excluding carboxylic acids is 2. The van der Waals surface area contributed by atoms with Gasteiger partial charge in [0.1, 0.15) is 21.8 Å². The van der Waals surface area contributed by atoms with Crippen LogP contribution in [0.4, 0.5) is 0 Å². The molecule has 0 aliphatic carbocycles. The van der Waals surface area contributed by atoms with Gasteiger partial charge < -0.3 is 9.47 Å². The Hall–Kier alpha value is -3.53. The Balaban J connectivity index is 1.44. The molecule has 0 saturated heterocycles. The van der Waals surface area contributed by atoms with Crippen LogP contribution in [-0.4, -0.2) is 33.9 Å². The zero-order valence-electron chi connectivity index (χ0n) is 18.4. The molecule has 3 aromatic carbocycles. The van der Waals surface area contributed by atoms with Crippen LogP contribution in [-0.2, 0) is 22.6 Å². The summed E-state index contributed by atoms with van der Waals surface area (Å²) in [4.78, 5) is 25.0. The molecule has 7 nitrogen and oxygen atoms in total. The molecular weight excluding hydrogens is 545 g/mol. The Morgan fingerprint density at radius 3 is 2.18 bits per heavy atom. The predicted octanol–water partition coefficient (Wildman–Crippen LogP) is 4.65. The molecular formula is C26H22IN3O4. The molecule has 0 bridgehead atoms. The van der Waals surface area contributed by atoms with E-state index < -0.39 is 12.0 Å². The van der Waals surface area contributed by atoms with Crippen LogP contribution in [0.2, 0.25) is 0 Å². The molecule has 1 aromatic heterocycles. The molecule has 0 amide bonds. The highest BCUT2D eigenvalue weighted by Gasteiger charge is 2.26. The van der Waals surface area contributed by atoms with E-state index in [1.54, 1.807) is 41.1 Å². The van der Waals surface area contributed by atoms with E-state index in [2.05, 4.69) is 32.9 Å². The van der Waals surface area contributed by atoms with Crippen LogP contribution < -0.4 is 4.74 Å². The Morgan fingerprint density at radius 2 is 1.53 bits per heavy atom. The fourth-order valence-electron chi connectivity index (χ4n) is 3.46. The first kappa shape index (κ1) is 23.6. The van der Waals surface area contributed by atoms with Crippen molar-refractivity contribution in [3.05, 3.63) is 111 Å². The van der Waals surface area contributed by atoms with Crippen LogP contribution in [0.25, 0.3) is 0 Å². The lowest BCUT2D eigenvalue weighted by Gasteiger charge is -2.16. The maximum absolute atomic E-state index is 12.6. The van der Waals surface area contributed by atoms with Crippen molar-refractivity contribution in [2.45, 2.75) is 19.1 Å². The summed E-state index contributed by atoms with van der Waals surface area (Å²) < 4.78 is 13.1. The molecule has 0 saturated carbocycles. The second kappa shape index (κ2) is 11.1. The standard InChI is InChI=1S/C26H22IN3O4/c1-33-26(32)23(16-18-8-4-2-5-9-18)30-25(27)22(28-29-30)17-34-21-14-12-20(13-15-21)24(31)19-10-6-3-7-11-19/h2-15,23H,16-17H2,1H3. The van der Waals surface area contributed by atoms with Crippen molar-refractivity contribution in [1.82, 2.24) is 15.0 Å². The summed E-state index contributed by atoms with van der Waals surface area (Å²) in [5, 5.41) is 8.41. The van der Waals surface area contributed by atoms with E-state index in [1.165, 1.54) is 7.11 Å². The van der Waals surface area contributed by atoms with E-state index >= 15 is 0 Å². The minimum atomic E-state index is -0.635. The third-order valence-corrected chi connectivity index (χ3v) is 6.39. The molecule has 0 aliphatic rings. The molecule has 172 valence electrons. The van der Waals surface area contributed by atoms with Crippen molar-refractivity contribution in [2.24, 2.45) is 0 Å². The average Bonchev–Trinajstić information content (AvgIpc) is 3.26. The summed E-state index contributed by atoms with van der Waals surface area (Å²) in [6.45, 7) is 0.170. The van der Waals surface area contributed by atoms with Crippen LogP contribution in [0.15, 0.2) is 84.9 Å². The van der Waals surface area contributed by atoms with Gasteiger partial charge in [0, 0.05) is 17.5 Å². The highest BCUT2D eigenvalue weighted by molar-refractivity contribution is 14.1. The lowest BCUT2D eigenvalue weighted by Crippen LogP contribution is -2.25. The third-order valence-electron chi connectivity index (χ3n) is 5.27. The van der Waals surface area contributed by atoms with Gasteiger partial charge in [0.15, 0.2) is 11.8 Å². The van der Waals surface area contributed by atoms with Crippen LogP contribution in [0.1, 0.15) is 33.2 Å². The van der Waals surface area contributed by atoms with Crippen molar-refractivity contribution in [1.29, 1.82) is 0 Å². The van der Waals surface area contributed by atoms with Gasteiger partial charge in [-0.05, 0) is 52.4 Å².